The quantitative estimate of drug-likeness (QED) is 0.823. The largest absolute Gasteiger partial charge is 0.480 e. The Labute approximate surface area is 113 Å². The lowest BCUT2D eigenvalue weighted by atomic mass is 10.1. The van der Waals surface area contributed by atoms with Crippen molar-refractivity contribution < 1.29 is 14.7 Å². The zero-order chi connectivity index (χ0) is 14.5. The summed E-state index contributed by atoms with van der Waals surface area (Å²) in [5.41, 5.74) is 0.140. The van der Waals surface area contributed by atoms with Crippen LogP contribution in [-0.4, -0.2) is 34.0 Å². The minimum Gasteiger partial charge on any atom is -0.480 e. The predicted molar refractivity (Wildman–Crippen MR) is 72.4 cm³/mol. The van der Waals surface area contributed by atoms with Crippen molar-refractivity contribution >= 4 is 11.9 Å². The van der Waals surface area contributed by atoms with E-state index < -0.39 is 17.4 Å². The number of carbonyl (C=O) groups is 2. The molecule has 0 aliphatic rings. The molecule has 1 aromatic rings. The van der Waals surface area contributed by atoms with E-state index in [1.807, 2.05) is 18.2 Å². The highest BCUT2D eigenvalue weighted by Gasteiger charge is 2.27. The molecule has 0 spiro atoms. The molecule has 0 aliphatic heterocycles. The molecule has 1 amide bonds. The van der Waals surface area contributed by atoms with Crippen LogP contribution in [0.15, 0.2) is 30.3 Å². The molecule has 0 aliphatic carbocycles. The minimum absolute atomic E-state index is 0.355. The van der Waals surface area contributed by atoms with E-state index in [-0.39, 0.29) is 6.54 Å². The third-order valence-corrected chi connectivity index (χ3v) is 2.44. The topological polar surface area (TPSA) is 57.6 Å². The van der Waals surface area contributed by atoms with E-state index in [1.165, 1.54) is 4.90 Å². The van der Waals surface area contributed by atoms with Gasteiger partial charge in [-0.2, -0.15) is 0 Å². The number of rotatable bonds is 2. The van der Waals surface area contributed by atoms with Gasteiger partial charge in [0.1, 0.15) is 6.54 Å². The number of carbonyl (C=O) groups excluding carboxylic acids is 1. The first-order valence-corrected chi connectivity index (χ1v) is 5.91. The Balaban J connectivity index is 2.90. The molecule has 0 aromatic heterocycles. The molecule has 1 rings (SSSR count). The maximum Gasteiger partial charge on any atom is 0.323 e. The van der Waals surface area contributed by atoms with Gasteiger partial charge in [0, 0.05) is 17.0 Å². The number of nitrogens with zero attached hydrogens (tertiary/aromatic N) is 1. The van der Waals surface area contributed by atoms with Gasteiger partial charge >= 0.3 is 5.97 Å². The fraction of sp³-hybridized carbons (Fsp3) is 0.333. The monoisotopic (exact) mass is 259 g/mol. The summed E-state index contributed by atoms with van der Waals surface area (Å²) in [5, 5.41) is 8.84. The molecule has 0 saturated heterocycles. The van der Waals surface area contributed by atoms with E-state index in [4.69, 9.17) is 5.11 Å². The van der Waals surface area contributed by atoms with Gasteiger partial charge in [0.05, 0.1) is 0 Å². The van der Waals surface area contributed by atoms with Crippen LogP contribution in [-0.2, 0) is 9.59 Å². The molecule has 0 heterocycles. The second-order valence-electron chi connectivity index (χ2n) is 5.07. The van der Waals surface area contributed by atoms with Crippen LogP contribution < -0.4 is 0 Å². The van der Waals surface area contributed by atoms with Crippen LogP contribution in [0.3, 0.4) is 0 Å². The summed E-state index contributed by atoms with van der Waals surface area (Å²) in [6.45, 7) is 4.97. The number of hydrogen-bond donors (Lipinski definition) is 1. The average molecular weight is 259 g/mol. The van der Waals surface area contributed by atoms with Crippen LogP contribution in [0.25, 0.3) is 0 Å². The average Bonchev–Trinajstić information content (AvgIpc) is 2.33. The SMILES string of the molecule is CC(C)(C)N(CC(=O)O)C(=O)C#Cc1ccccc1. The molecule has 0 fully saturated rings. The van der Waals surface area contributed by atoms with E-state index in [1.54, 1.807) is 32.9 Å². The Morgan fingerprint density at radius 2 is 1.79 bits per heavy atom. The van der Waals surface area contributed by atoms with Crippen LogP contribution in [0.4, 0.5) is 0 Å². The van der Waals surface area contributed by atoms with Crippen LogP contribution in [0, 0.1) is 11.8 Å². The van der Waals surface area contributed by atoms with Gasteiger partial charge in [0.15, 0.2) is 0 Å². The number of amides is 1. The van der Waals surface area contributed by atoms with Crippen molar-refractivity contribution in [3.63, 3.8) is 0 Å². The van der Waals surface area contributed by atoms with Crippen LogP contribution in [0.1, 0.15) is 26.3 Å². The summed E-state index contributed by atoms with van der Waals surface area (Å²) in [4.78, 5) is 24.0. The van der Waals surface area contributed by atoms with Gasteiger partial charge in [-0.15, -0.1) is 0 Å². The molecule has 19 heavy (non-hydrogen) atoms. The van der Waals surface area contributed by atoms with E-state index in [0.717, 1.165) is 5.56 Å². The molecule has 4 heteroatoms. The van der Waals surface area contributed by atoms with Crippen LogP contribution >= 0.6 is 0 Å². The van der Waals surface area contributed by atoms with Crippen molar-refractivity contribution in [1.82, 2.24) is 4.90 Å². The Morgan fingerprint density at radius 3 is 2.26 bits per heavy atom. The van der Waals surface area contributed by atoms with Gasteiger partial charge in [-0.25, -0.2) is 0 Å². The Kier molecular flexibility index (Phi) is 4.71. The normalized spacial score (nSPS) is 10.3. The maximum absolute atomic E-state index is 12.0. The molecule has 4 nitrogen and oxygen atoms in total. The van der Waals surface area contributed by atoms with Gasteiger partial charge < -0.3 is 10.0 Å². The van der Waals surface area contributed by atoms with Crippen molar-refractivity contribution in [1.29, 1.82) is 0 Å². The summed E-state index contributed by atoms with van der Waals surface area (Å²) < 4.78 is 0. The molecule has 0 saturated carbocycles. The van der Waals surface area contributed by atoms with Crippen molar-refractivity contribution in [2.45, 2.75) is 26.3 Å². The first-order valence-electron chi connectivity index (χ1n) is 5.91. The van der Waals surface area contributed by atoms with E-state index >= 15 is 0 Å². The van der Waals surface area contributed by atoms with E-state index in [2.05, 4.69) is 11.8 Å². The Bertz CT molecular complexity index is 518. The van der Waals surface area contributed by atoms with Crippen molar-refractivity contribution in [3.05, 3.63) is 35.9 Å². The lowest BCUT2D eigenvalue weighted by molar-refractivity contribution is -0.145. The Hall–Kier alpha value is -2.28. The third-order valence-electron chi connectivity index (χ3n) is 2.44. The van der Waals surface area contributed by atoms with Gasteiger partial charge in [0.25, 0.3) is 5.91 Å². The lowest BCUT2D eigenvalue weighted by Gasteiger charge is -2.32. The van der Waals surface area contributed by atoms with Gasteiger partial charge in [0.2, 0.25) is 0 Å². The summed E-state index contributed by atoms with van der Waals surface area (Å²) in [5.74, 6) is 3.68. The molecule has 1 N–H and O–H groups in total. The number of aliphatic carboxylic acids is 1. The molecule has 0 unspecified atom stereocenters. The maximum atomic E-state index is 12.0. The Morgan fingerprint density at radius 1 is 1.21 bits per heavy atom. The second kappa shape index (κ2) is 6.05. The molecule has 100 valence electrons. The van der Waals surface area contributed by atoms with Crippen LogP contribution in [0.5, 0.6) is 0 Å². The summed E-state index contributed by atoms with van der Waals surface area (Å²) in [6, 6.07) is 9.09. The van der Waals surface area contributed by atoms with E-state index in [0.29, 0.717) is 0 Å². The highest BCUT2D eigenvalue weighted by Crippen LogP contribution is 2.12. The zero-order valence-corrected chi connectivity index (χ0v) is 11.3. The van der Waals surface area contributed by atoms with Crippen molar-refractivity contribution in [2.75, 3.05) is 6.54 Å². The number of carboxylic acid groups (broad SMARTS) is 1. The fourth-order valence-electron chi connectivity index (χ4n) is 1.46. The number of carboxylic acids is 1. The lowest BCUT2D eigenvalue weighted by Crippen LogP contribution is -2.47. The van der Waals surface area contributed by atoms with Gasteiger partial charge in [-0.1, -0.05) is 24.1 Å². The molecule has 0 atom stereocenters. The first kappa shape index (κ1) is 14.8. The highest BCUT2D eigenvalue weighted by atomic mass is 16.4. The third kappa shape index (κ3) is 4.84. The van der Waals surface area contributed by atoms with Crippen molar-refractivity contribution in [2.24, 2.45) is 0 Å². The molecule has 0 radical (unpaired) electrons. The highest BCUT2D eigenvalue weighted by molar-refractivity contribution is 5.96. The van der Waals surface area contributed by atoms with E-state index in [9.17, 15) is 9.59 Å². The first-order chi connectivity index (χ1) is 8.80. The van der Waals surface area contributed by atoms with Gasteiger partial charge in [-0.05, 0) is 32.9 Å². The smallest absolute Gasteiger partial charge is 0.323 e. The summed E-state index contributed by atoms with van der Waals surface area (Å²) in [7, 11) is 0. The summed E-state index contributed by atoms with van der Waals surface area (Å²) in [6.07, 6.45) is 0. The molecule has 1 aromatic carbocycles. The van der Waals surface area contributed by atoms with Crippen LogP contribution in [0.2, 0.25) is 0 Å². The standard InChI is InChI=1S/C15H17NO3/c1-15(2,3)16(11-14(18)19)13(17)10-9-12-7-5-4-6-8-12/h4-8H,11H2,1-3H3,(H,18,19). The number of benzene rings is 1. The zero-order valence-electron chi connectivity index (χ0n) is 11.3. The second-order valence-corrected chi connectivity index (χ2v) is 5.07. The number of hydrogen-bond acceptors (Lipinski definition) is 2. The molecule has 0 bridgehead atoms. The fourth-order valence-corrected chi connectivity index (χ4v) is 1.46. The van der Waals surface area contributed by atoms with Gasteiger partial charge in [-0.3, -0.25) is 9.59 Å². The summed E-state index contributed by atoms with van der Waals surface area (Å²) >= 11 is 0. The minimum atomic E-state index is -1.05. The predicted octanol–water partition coefficient (Wildman–Crippen LogP) is 1.75. The molecular weight excluding hydrogens is 242 g/mol. The van der Waals surface area contributed by atoms with Crippen molar-refractivity contribution in [3.8, 4) is 11.8 Å². The molecular formula is C15H17NO3.